The number of carbonyl (C=O) groups excluding carboxylic acids is 1. The van der Waals surface area contributed by atoms with Crippen LogP contribution >= 0.6 is 0 Å². The van der Waals surface area contributed by atoms with E-state index in [1.165, 1.54) is 0 Å². The molecule has 7 heteroatoms. The number of carbonyl (C=O) groups is 1. The lowest BCUT2D eigenvalue weighted by Crippen LogP contribution is -2.36. The maximum atomic E-state index is 12.3. The quantitative estimate of drug-likeness (QED) is 0.722. The van der Waals surface area contributed by atoms with Crippen LogP contribution in [0.1, 0.15) is 10.6 Å². The van der Waals surface area contributed by atoms with Gasteiger partial charge >= 0.3 is 5.91 Å². The van der Waals surface area contributed by atoms with Crippen molar-refractivity contribution in [3.8, 4) is 22.8 Å². The minimum atomic E-state index is -0.371. The van der Waals surface area contributed by atoms with Gasteiger partial charge in [0.1, 0.15) is 5.75 Å². The van der Waals surface area contributed by atoms with Gasteiger partial charge in [0, 0.05) is 19.7 Å². The first kappa shape index (κ1) is 16.7. The van der Waals surface area contributed by atoms with Crippen LogP contribution in [0, 0.1) is 0 Å². The molecule has 2 aromatic carbocycles. The van der Waals surface area contributed by atoms with E-state index >= 15 is 0 Å². The second kappa shape index (κ2) is 7.14. The number of ether oxygens (including phenoxy) is 1. The van der Waals surface area contributed by atoms with Crippen LogP contribution < -0.4 is 10.2 Å². The van der Waals surface area contributed by atoms with Crippen molar-refractivity contribution in [2.24, 2.45) is 0 Å². The Morgan fingerprint density at radius 2 is 1.88 bits per heavy atom. The molecule has 7 nitrogen and oxygen atoms in total. The smallest absolute Gasteiger partial charge is 0.305 e. The normalized spacial score (nSPS) is 10.7. The van der Waals surface area contributed by atoms with Crippen LogP contribution in [-0.4, -0.2) is 46.9 Å². The Bertz CT molecular complexity index is 874. The Morgan fingerprint density at radius 1 is 1.12 bits per heavy atom. The summed E-state index contributed by atoms with van der Waals surface area (Å²) in [5, 5.41) is 5.94. The molecule has 0 fully saturated rings. The molecule has 0 radical (unpaired) electrons. The van der Waals surface area contributed by atoms with Crippen molar-refractivity contribution in [2.45, 2.75) is 0 Å². The van der Waals surface area contributed by atoms with Gasteiger partial charge in [0.25, 0.3) is 0 Å². The fourth-order valence-electron chi connectivity index (χ4n) is 2.36. The Morgan fingerprint density at radius 3 is 2.56 bits per heavy atom. The van der Waals surface area contributed by atoms with Gasteiger partial charge < -0.3 is 4.74 Å². The molecular formula is C18H19N5O2. The predicted molar refractivity (Wildman–Crippen MR) is 94.5 cm³/mol. The lowest BCUT2D eigenvalue weighted by molar-refractivity contribution is 0.0846. The Balaban J connectivity index is 2.11. The molecule has 1 aromatic heterocycles. The Kier molecular flexibility index (Phi) is 4.76. The summed E-state index contributed by atoms with van der Waals surface area (Å²) in [4.78, 5) is 16.7. The van der Waals surface area contributed by atoms with Crippen LogP contribution in [0.4, 0.5) is 0 Å². The second-order valence-corrected chi connectivity index (χ2v) is 5.57. The topological polar surface area (TPSA) is 72.3 Å². The summed E-state index contributed by atoms with van der Waals surface area (Å²) in [5.41, 5.74) is 4.28. The summed E-state index contributed by atoms with van der Waals surface area (Å²) in [7, 11) is 5.07. The van der Waals surface area contributed by atoms with Crippen LogP contribution in [0.15, 0.2) is 54.6 Å². The van der Waals surface area contributed by atoms with Crippen molar-refractivity contribution in [1.82, 2.24) is 25.2 Å². The first-order valence-electron chi connectivity index (χ1n) is 7.73. The molecule has 1 N–H and O–H groups in total. The zero-order valence-corrected chi connectivity index (χ0v) is 14.3. The van der Waals surface area contributed by atoms with Crippen molar-refractivity contribution in [3.63, 3.8) is 0 Å². The number of hydrogen-bond acceptors (Lipinski definition) is 5. The largest absolute Gasteiger partial charge is 0.497 e. The number of amides is 1. The molecule has 0 saturated heterocycles. The average molecular weight is 337 g/mol. The van der Waals surface area contributed by atoms with Crippen LogP contribution in [0.25, 0.3) is 17.1 Å². The van der Waals surface area contributed by atoms with Gasteiger partial charge in [0.15, 0.2) is 5.82 Å². The van der Waals surface area contributed by atoms with Gasteiger partial charge in [-0.15, -0.1) is 5.10 Å². The van der Waals surface area contributed by atoms with Gasteiger partial charge in [-0.3, -0.25) is 10.2 Å². The Hall–Kier alpha value is -3.19. The highest BCUT2D eigenvalue weighted by molar-refractivity contribution is 5.90. The SMILES string of the molecule is COc1cccc(-c2nc(C(=O)NN(C)C)nn2-c2ccccc2)c1. The maximum Gasteiger partial charge on any atom is 0.305 e. The zero-order chi connectivity index (χ0) is 17.8. The molecule has 0 aliphatic carbocycles. The summed E-state index contributed by atoms with van der Waals surface area (Å²) >= 11 is 0. The monoisotopic (exact) mass is 337 g/mol. The van der Waals surface area contributed by atoms with E-state index in [0.717, 1.165) is 11.3 Å². The number of aromatic nitrogens is 3. The summed E-state index contributed by atoms with van der Waals surface area (Å²) in [6.07, 6.45) is 0. The summed E-state index contributed by atoms with van der Waals surface area (Å²) in [6, 6.07) is 17.0. The van der Waals surface area contributed by atoms with E-state index in [9.17, 15) is 4.79 Å². The number of hydrogen-bond donors (Lipinski definition) is 1. The lowest BCUT2D eigenvalue weighted by atomic mass is 10.2. The molecule has 3 rings (SSSR count). The van der Waals surface area contributed by atoms with E-state index < -0.39 is 0 Å². The molecule has 25 heavy (non-hydrogen) atoms. The maximum absolute atomic E-state index is 12.3. The van der Waals surface area contributed by atoms with E-state index in [2.05, 4.69) is 15.5 Å². The van der Waals surface area contributed by atoms with Crippen LogP contribution in [0.5, 0.6) is 5.75 Å². The van der Waals surface area contributed by atoms with E-state index in [0.29, 0.717) is 11.6 Å². The molecule has 0 atom stereocenters. The van der Waals surface area contributed by atoms with Crippen molar-refractivity contribution in [2.75, 3.05) is 21.2 Å². The molecule has 0 unspecified atom stereocenters. The number of benzene rings is 2. The van der Waals surface area contributed by atoms with Crippen LogP contribution in [0.3, 0.4) is 0 Å². The van der Waals surface area contributed by atoms with Gasteiger partial charge in [-0.05, 0) is 24.3 Å². The molecule has 1 heterocycles. The number of rotatable bonds is 5. The summed E-state index contributed by atoms with van der Waals surface area (Å²) in [6.45, 7) is 0. The molecular weight excluding hydrogens is 318 g/mol. The second-order valence-electron chi connectivity index (χ2n) is 5.57. The highest BCUT2D eigenvalue weighted by atomic mass is 16.5. The number of hydrazine groups is 1. The van der Waals surface area contributed by atoms with Crippen molar-refractivity contribution < 1.29 is 9.53 Å². The highest BCUT2D eigenvalue weighted by Crippen LogP contribution is 2.24. The molecule has 0 saturated carbocycles. The third kappa shape index (κ3) is 3.67. The fraction of sp³-hybridized carbons (Fsp3) is 0.167. The molecule has 0 aliphatic rings. The molecule has 0 aliphatic heterocycles. The van der Waals surface area contributed by atoms with Gasteiger partial charge in [-0.2, -0.15) is 0 Å². The zero-order valence-electron chi connectivity index (χ0n) is 14.3. The number of nitrogens with one attached hydrogen (secondary N) is 1. The van der Waals surface area contributed by atoms with Crippen LogP contribution in [0.2, 0.25) is 0 Å². The minimum Gasteiger partial charge on any atom is -0.497 e. The molecule has 3 aromatic rings. The van der Waals surface area contributed by atoms with Crippen molar-refractivity contribution in [3.05, 3.63) is 60.4 Å². The predicted octanol–water partition coefficient (Wildman–Crippen LogP) is 2.15. The van der Waals surface area contributed by atoms with E-state index in [1.807, 2.05) is 54.6 Å². The fourth-order valence-corrected chi connectivity index (χ4v) is 2.36. The first-order valence-corrected chi connectivity index (χ1v) is 7.73. The lowest BCUT2D eigenvalue weighted by Gasteiger charge is -2.08. The summed E-state index contributed by atoms with van der Waals surface area (Å²) in [5.74, 6) is 0.993. The van der Waals surface area contributed by atoms with E-state index in [-0.39, 0.29) is 11.7 Å². The minimum absolute atomic E-state index is 0.0929. The third-order valence-corrected chi connectivity index (χ3v) is 3.46. The van der Waals surface area contributed by atoms with Gasteiger partial charge in [-0.1, -0.05) is 30.3 Å². The van der Waals surface area contributed by atoms with Crippen molar-refractivity contribution >= 4 is 5.91 Å². The first-order chi connectivity index (χ1) is 12.1. The molecule has 0 spiro atoms. The third-order valence-electron chi connectivity index (χ3n) is 3.46. The molecule has 0 bridgehead atoms. The van der Waals surface area contributed by atoms with Crippen LogP contribution in [-0.2, 0) is 0 Å². The molecule has 1 amide bonds. The van der Waals surface area contributed by atoms with Gasteiger partial charge in [-0.25, -0.2) is 14.7 Å². The van der Waals surface area contributed by atoms with Gasteiger partial charge in [0.05, 0.1) is 12.8 Å². The number of para-hydroxylation sites is 1. The standard InChI is InChI=1S/C18H19N5O2/c1-22(2)21-18(24)16-19-17(13-8-7-11-15(12-13)25-3)23(20-16)14-9-5-4-6-10-14/h4-12H,1-3H3,(H,21,24). The summed E-state index contributed by atoms with van der Waals surface area (Å²) < 4.78 is 6.94. The number of nitrogens with zero attached hydrogens (tertiary/aromatic N) is 4. The average Bonchev–Trinajstić information content (AvgIpc) is 3.07. The van der Waals surface area contributed by atoms with Crippen molar-refractivity contribution in [1.29, 1.82) is 0 Å². The highest BCUT2D eigenvalue weighted by Gasteiger charge is 2.19. The van der Waals surface area contributed by atoms with E-state index in [4.69, 9.17) is 4.74 Å². The Labute approximate surface area is 145 Å². The van der Waals surface area contributed by atoms with E-state index in [1.54, 1.807) is 30.9 Å². The molecule has 128 valence electrons. The van der Waals surface area contributed by atoms with Gasteiger partial charge in [0.2, 0.25) is 5.82 Å². The number of methoxy groups -OCH3 is 1.